The number of rotatable bonds is 3. The third kappa shape index (κ3) is 2.97. The molecule has 0 amide bonds. The van der Waals surface area contributed by atoms with Gasteiger partial charge in [0.25, 0.3) is 0 Å². The van der Waals surface area contributed by atoms with Crippen molar-refractivity contribution >= 4 is 21.9 Å². The quantitative estimate of drug-likeness (QED) is 0.381. The molecular weight excluding hydrogens is 389 g/mol. The molecule has 2 aromatic carbocycles. The van der Waals surface area contributed by atoms with Crippen LogP contribution in [0.4, 0.5) is 4.39 Å². The molecule has 0 unspecified atom stereocenters. The summed E-state index contributed by atoms with van der Waals surface area (Å²) >= 11 is 0. The van der Waals surface area contributed by atoms with Crippen molar-refractivity contribution in [1.29, 1.82) is 0 Å². The number of nitrogens with zero attached hydrogens (tertiary/aromatic N) is 3. The Balaban J connectivity index is 1.52. The smallest absolute Gasteiger partial charge is 0.138 e. The van der Waals surface area contributed by atoms with E-state index in [1.54, 1.807) is 18.5 Å². The zero-order chi connectivity index (χ0) is 20.8. The van der Waals surface area contributed by atoms with Crippen molar-refractivity contribution in [3.63, 3.8) is 0 Å². The van der Waals surface area contributed by atoms with Crippen LogP contribution in [-0.4, -0.2) is 25.1 Å². The summed E-state index contributed by atoms with van der Waals surface area (Å²) in [6.07, 6.45) is 3.51. The van der Waals surface area contributed by atoms with E-state index in [0.29, 0.717) is 0 Å². The monoisotopic (exact) mass is 405 g/mol. The number of nitrogens with one attached hydrogen (secondary N) is 2. The van der Waals surface area contributed by atoms with E-state index < -0.39 is 0 Å². The van der Waals surface area contributed by atoms with E-state index in [1.165, 1.54) is 12.1 Å². The summed E-state index contributed by atoms with van der Waals surface area (Å²) in [6, 6.07) is 22.5. The average Bonchev–Trinajstić information content (AvgIpc) is 3.43. The lowest BCUT2D eigenvalue weighted by Crippen LogP contribution is -1.83. The molecule has 0 aliphatic carbocycles. The predicted molar refractivity (Wildman–Crippen MR) is 120 cm³/mol. The topological polar surface area (TPSA) is 70.2 Å². The summed E-state index contributed by atoms with van der Waals surface area (Å²) in [6.45, 7) is 0. The van der Waals surface area contributed by atoms with Gasteiger partial charge in [-0.05, 0) is 59.7 Å². The van der Waals surface area contributed by atoms with E-state index in [1.807, 2.05) is 48.5 Å². The average molecular weight is 405 g/mol. The summed E-state index contributed by atoms with van der Waals surface area (Å²) < 4.78 is 13.8. The Labute approximate surface area is 176 Å². The molecule has 148 valence electrons. The number of halogens is 1. The normalized spacial score (nSPS) is 11.4. The van der Waals surface area contributed by atoms with Gasteiger partial charge in [0.2, 0.25) is 0 Å². The van der Waals surface area contributed by atoms with Gasteiger partial charge in [-0.1, -0.05) is 24.3 Å². The van der Waals surface area contributed by atoms with E-state index in [-0.39, 0.29) is 5.82 Å². The van der Waals surface area contributed by atoms with Gasteiger partial charge < -0.3 is 4.98 Å². The first kappa shape index (κ1) is 17.5. The van der Waals surface area contributed by atoms with E-state index >= 15 is 0 Å². The second-order valence-electron chi connectivity index (χ2n) is 7.36. The molecule has 4 aromatic heterocycles. The lowest BCUT2D eigenvalue weighted by atomic mass is 10.0. The van der Waals surface area contributed by atoms with Crippen molar-refractivity contribution in [1.82, 2.24) is 25.1 Å². The second-order valence-corrected chi connectivity index (χ2v) is 7.36. The van der Waals surface area contributed by atoms with Gasteiger partial charge in [-0.2, -0.15) is 5.10 Å². The fourth-order valence-electron chi connectivity index (χ4n) is 3.97. The van der Waals surface area contributed by atoms with Gasteiger partial charge in [0.1, 0.15) is 17.2 Å². The van der Waals surface area contributed by atoms with Crippen molar-refractivity contribution in [2.45, 2.75) is 0 Å². The number of aromatic nitrogens is 5. The Morgan fingerprint density at radius 1 is 0.742 bits per heavy atom. The van der Waals surface area contributed by atoms with Crippen LogP contribution in [-0.2, 0) is 0 Å². The number of hydrogen-bond acceptors (Lipinski definition) is 3. The molecule has 2 N–H and O–H groups in total. The first-order valence-electron chi connectivity index (χ1n) is 9.90. The fourth-order valence-corrected chi connectivity index (χ4v) is 3.97. The third-order valence-corrected chi connectivity index (χ3v) is 5.45. The molecule has 6 rings (SSSR count). The predicted octanol–water partition coefficient (Wildman–Crippen LogP) is 5.97. The van der Waals surface area contributed by atoms with Gasteiger partial charge in [0.15, 0.2) is 0 Å². The maximum atomic E-state index is 13.8. The largest absolute Gasteiger partial charge is 0.338 e. The summed E-state index contributed by atoms with van der Waals surface area (Å²) in [5.41, 5.74) is 6.96. The minimum atomic E-state index is -0.265. The van der Waals surface area contributed by atoms with Crippen LogP contribution >= 0.6 is 0 Å². The summed E-state index contributed by atoms with van der Waals surface area (Å²) in [4.78, 5) is 12.3. The van der Waals surface area contributed by atoms with E-state index in [2.05, 4.69) is 31.2 Å². The van der Waals surface area contributed by atoms with Gasteiger partial charge >= 0.3 is 0 Å². The maximum Gasteiger partial charge on any atom is 0.138 e. The fraction of sp³-hybridized carbons (Fsp3) is 0. The molecule has 5 nitrogen and oxygen atoms in total. The summed E-state index contributed by atoms with van der Waals surface area (Å²) in [7, 11) is 0. The van der Waals surface area contributed by atoms with Crippen molar-refractivity contribution < 1.29 is 4.39 Å². The Hall–Kier alpha value is -4.32. The number of hydrogen-bond donors (Lipinski definition) is 2. The SMILES string of the molecule is Fc1cccc(-c2ccnc3[nH]c(-c4n[nH]c5ccc(-c6ccccn6)cc45)cc23)c1. The van der Waals surface area contributed by atoms with Crippen molar-refractivity contribution in [3.8, 4) is 33.8 Å². The number of H-pyrrole nitrogens is 2. The minimum absolute atomic E-state index is 0.265. The van der Waals surface area contributed by atoms with Crippen molar-refractivity contribution in [3.05, 3.63) is 91.0 Å². The first-order valence-corrected chi connectivity index (χ1v) is 9.90. The molecule has 0 aliphatic heterocycles. The Morgan fingerprint density at radius 2 is 1.71 bits per heavy atom. The van der Waals surface area contributed by atoms with E-state index in [4.69, 9.17) is 0 Å². The zero-order valence-corrected chi connectivity index (χ0v) is 16.3. The van der Waals surface area contributed by atoms with Crippen LogP contribution < -0.4 is 0 Å². The molecule has 4 heterocycles. The molecule has 0 bridgehead atoms. The summed E-state index contributed by atoms with van der Waals surface area (Å²) in [5.74, 6) is -0.265. The molecule has 0 fully saturated rings. The Bertz CT molecular complexity index is 1550. The van der Waals surface area contributed by atoms with E-state index in [9.17, 15) is 4.39 Å². The van der Waals surface area contributed by atoms with Crippen LogP contribution in [0, 0.1) is 5.82 Å². The highest BCUT2D eigenvalue weighted by Crippen LogP contribution is 2.34. The van der Waals surface area contributed by atoms with Crippen LogP contribution in [0.15, 0.2) is 85.2 Å². The number of fused-ring (bicyclic) bond motifs is 2. The van der Waals surface area contributed by atoms with Gasteiger partial charge in [-0.15, -0.1) is 0 Å². The standard InChI is InChI=1S/C25H16FN5/c26-17-5-3-4-15(12-17)18-9-11-28-25-19(18)14-23(29-25)24-20-13-16(7-8-22(20)30-31-24)21-6-1-2-10-27-21/h1-14H,(H,28,29)(H,30,31). The molecular formula is C25H16FN5. The van der Waals surface area contributed by atoms with E-state index in [0.717, 1.165) is 55.7 Å². The van der Waals surface area contributed by atoms with Crippen LogP contribution in [0.25, 0.3) is 55.7 Å². The molecule has 0 saturated heterocycles. The van der Waals surface area contributed by atoms with Crippen molar-refractivity contribution in [2.75, 3.05) is 0 Å². The maximum absolute atomic E-state index is 13.8. The number of benzene rings is 2. The molecule has 31 heavy (non-hydrogen) atoms. The zero-order valence-electron chi connectivity index (χ0n) is 16.3. The van der Waals surface area contributed by atoms with Crippen LogP contribution in [0.1, 0.15) is 0 Å². The third-order valence-electron chi connectivity index (χ3n) is 5.45. The summed E-state index contributed by atoms with van der Waals surface area (Å²) in [5, 5.41) is 9.56. The van der Waals surface area contributed by atoms with Gasteiger partial charge in [-0.3, -0.25) is 10.1 Å². The number of pyridine rings is 2. The van der Waals surface area contributed by atoms with Gasteiger partial charge in [0.05, 0.1) is 16.9 Å². The second kappa shape index (κ2) is 6.88. The molecule has 0 radical (unpaired) electrons. The molecule has 0 aliphatic rings. The molecule has 0 atom stereocenters. The van der Waals surface area contributed by atoms with Crippen LogP contribution in [0.2, 0.25) is 0 Å². The highest BCUT2D eigenvalue weighted by molar-refractivity contribution is 6.00. The molecule has 6 aromatic rings. The highest BCUT2D eigenvalue weighted by Gasteiger charge is 2.15. The van der Waals surface area contributed by atoms with Crippen LogP contribution in [0.3, 0.4) is 0 Å². The Kier molecular flexibility index (Phi) is 3.89. The molecule has 6 heteroatoms. The molecule has 0 spiro atoms. The number of aromatic amines is 2. The molecule has 0 saturated carbocycles. The lowest BCUT2D eigenvalue weighted by Gasteiger charge is -2.02. The van der Waals surface area contributed by atoms with Crippen molar-refractivity contribution in [2.24, 2.45) is 0 Å². The van der Waals surface area contributed by atoms with Gasteiger partial charge in [-0.25, -0.2) is 9.37 Å². The van der Waals surface area contributed by atoms with Gasteiger partial charge in [0, 0.05) is 28.7 Å². The Morgan fingerprint density at radius 3 is 2.58 bits per heavy atom. The lowest BCUT2D eigenvalue weighted by molar-refractivity contribution is 0.628. The van der Waals surface area contributed by atoms with Crippen LogP contribution in [0.5, 0.6) is 0 Å². The first-order chi connectivity index (χ1) is 15.3. The minimum Gasteiger partial charge on any atom is -0.338 e. The highest BCUT2D eigenvalue weighted by atomic mass is 19.1.